The molecule has 0 bridgehead atoms. The molecule has 1 rings (SSSR count). The Balaban J connectivity index is -0.000000364. The number of methoxy groups -OCH3 is 1. The van der Waals surface area contributed by atoms with Gasteiger partial charge in [-0.3, -0.25) is 14.4 Å². The van der Waals surface area contributed by atoms with Crippen molar-refractivity contribution in [1.82, 2.24) is 0 Å². The molecule has 0 aliphatic carbocycles. The van der Waals surface area contributed by atoms with Gasteiger partial charge in [-0.1, -0.05) is 55.4 Å². The Morgan fingerprint density at radius 3 is 1.20 bits per heavy atom. The van der Waals surface area contributed by atoms with Crippen molar-refractivity contribution in [2.45, 2.75) is 126 Å². The first-order chi connectivity index (χ1) is 28.7. The first-order valence-electron chi connectivity index (χ1n) is 21.4. The number of hydrogen-bond donors (Lipinski definition) is 5. The number of ether oxygens (including phenoxy) is 4. The van der Waals surface area contributed by atoms with Crippen LogP contribution >= 0.6 is 0 Å². The van der Waals surface area contributed by atoms with Crippen molar-refractivity contribution in [2.75, 3.05) is 66.6 Å². The first kappa shape index (κ1) is 72.6. The molecule has 5 N–H and O–H groups in total. The second-order valence-electron chi connectivity index (χ2n) is 16.0. The van der Waals surface area contributed by atoms with Crippen molar-refractivity contribution >= 4 is 35.8 Å². The summed E-state index contributed by atoms with van der Waals surface area (Å²) in [5.41, 5.74) is -5.54. The quantitative estimate of drug-likeness (QED) is 0.0264. The maximum atomic E-state index is 13.3. The summed E-state index contributed by atoms with van der Waals surface area (Å²) < 4.78 is 21.5. The minimum Gasteiger partial charge on any atom is -0.550 e. The standard InChI is InChI=1S/C27H48O11.C10H16O4.C6H14O3.3Na/c1-7-19(21(30)31)26(10-4,12-14-28)23(34)37-17-25(9-3,16-36-6)18-38-24(35)27(11-5,13-15-29)20(8-2)22(32)33;1-3-7(8(11)12)10(4-2)5-6-14-9(10)13;1-2-6(3-7,4-8)5-9;;;/h19-20,28-29H,7-18H2,1-6H3,(H,30,31)(H,32,33);7H,3-6H2,1-2H3,(H,11,12);7-9H,2-5H2,1H3;;;/q;;;3*+1/p-3. The smallest absolute Gasteiger partial charge is 0.550 e. The topological polar surface area (TPSA) is 310 Å². The van der Waals surface area contributed by atoms with Gasteiger partial charge in [-0.15, -0.1) is 0 Å². The molecule has 6 unspecified atom stereocenters. The van der Waals surface area contributed by atoms with Crippen molar-refractivity contribution in [3.8, 4) is 0 Å². The Morgan fingerprint density at radius 1 is 0.625 bits per heavy atom. The zero-order valence-electron chi connectivity index (χ0n) is 40.9. The number of esters is 3. The fourth-order valence-electron chi connectivity index (χ4n) is 8.12. The van der Waals surface area contributed by atoms with Crippen LogP contribution in [0.1, 0.15) is 126 Å². The molecule has 0 saturated carbocycles. The fraction of sp³-hybridized carbons (Fsp3) is 0.860. The summed E-state index contributed by atoms with van der Waals surface area (Å²) in [5.74, 6) is -9.04. The Kier molecular flexibility index (Phi) is 41.4. The number of rotatable bonds is 29. The molecule has 1 fully saturated rings. The van der Waals surface area contributed by atoms with Crippen molar-refractivity contribution in [2.24, 2.45) is 44.8 Å². The normalized spacial score (nSPS) is 18.5. The van der Waals surface area contributed by atoms with Crippen LogP contribution in [-0.4, -0.2) is 128 Å². The van der Waals surface area contributed by atoms with E-state index < -0.39 is 87.9 Å². The maximum Gasteiger partial charge on any atom is 1.00 e. The number of carboxylic acid groups (broad SMARTS) is 3. The second-order valence-corrected chi connectivity index (χ2v) is 16.0. The van der Waals surface area contributed by atoms with Gasteiger partial charge in [0.25, 0.3) is 0 Å². The number of aliphatic hydroxyl groups is 5. The first-order valence-corrected chi connectivity index (χ1v) is 21.4. The van der Waals surface area contributed by atoms with E-state index in [4.69, 9.17) is 34.3 Å². The van der Waals surface area contributed by atoms with E-state index in [0.717, 1.165) is 0 Å². The van der Waals surface area contributed by atoms with Crippen molar-refractivity contribution in [1.29, 1.82) is 0 Å². The largest absolute Gasteiger partial charge is 1.00 e. The van der Waals surface area contributed by atoms with Gasteiger partial charge in [0.2, 0.25) is 0 Å². The summed E-state index contributed by atoms with van der Waals surface area (Å²) in [4.78, 5) is 72.7. The van der Waals surface area contributed by atoms with Gasteiger partial charge in [-0.2, -0.15) is 0 Å². The molecule has 0 aromatic rings. The minimum atomic E-state index is -1.51. The van der Waals surface area contributed by atoms with Crippen LogP contribution in [0.2, 0.25) is 0 Å². The van der Waals surface area contributed by atoms with E-state index in [1.165, 1.54) is 7.11 Å². The fourth-order valence-corrected chi connectivity index (χ4v) is 8.12. The molecule has 0 aromatic carbocycles. The Labute approximate surface area is 446 Å². The van der Waals surface area contributed by atoms with Gasteiger partial charge in [0, 0.05) is 61.4 Å². The molecule has 358 valence electrons. The molecule has 1 aliphatic heterocycles. The summed E-state index contributed by atoms with van der Waals surface area (Å²) in [7, 11) is 1.42. The molecule has 21 heteroatoms. The number of carbonyl (C=O) groups is 6. The van der Waals surface area contributed by atoms with E-state index in [1.54, 1.807) is 41.5 Å². The molecule has 6 atom stereocenters. The van der Waals surface area contributed by atoms with Crippen LogP contribution in [0.4, 0.5) is 0 Å². The third-order valence-electron chi connectivity index (χ3n) is 13.1. The van der Waals surface area contributed by atoms with Crippen molar-refractivity contribution in [3.05, 3.63) is 0 Å². The molecule has 0 radical (unpaired) electrons. The minimum absolute atomic E-state index is 0. The van der Waals surface area contributed by atoms with Crippen LogP contribution in [0.5, 0.6) is 0 Å². The SMILES string of the molecule is CCC(C(=O)[O-])C(CC)(CCO)C(=O)OCC(CC)(COC)COC(=O)C(CC)(CCO)C(CC)C(=O)[O-].CCC(C(=O)[O-])C1(CC)CCOC1=O.CCC(CO)(CO)CO.[Na+].[Na+].[Na+]. The Bertz CT molecular complexity index is 1280. The second kappa shape index (κ2) is 36.5. The zero-order valence-corrected chi connectivity index (χ0v) is 46.9. The maximum absolute atomic E-state index is 13.3. The van der Waals surface area contributed by atoms with Gasteiger partial charge >= 0.3 is 107 Å². The molecule has 1 saturated heterocycles. The predicted octanol–water partition coefficient (Wildman–Crippen LogP) is -9.30. The average molecular weight is 949 g/mol. The summed E-state index contributed by atoms with van der Waals surface area (Å²) in [6.07, 6.45) is 2.45. The van der Waals surface area contributed by atoms with Crippen LogP contribution in [0.25, 0.3) is 0 Å². The summed E-state index contributed by atoms with van der Waals surface area (Å²) in [6.45, 7) is 12.1. The van der Waals surface area contributed by atoms with Gasteiger partial charge in [0.1, 0.15) is 13.2 Å². The van der Waals surface area contributed by atoms with Crippen LogP contribution in [-0.2, 0) is 47.7 Å². The molecule has 0 aromatic heterocycles. The van der Waals surface area contributed by atoms with E-state index in [-0.39, 0.29) is 173 Å². The summed E-state index contributed by atoms with van der Waals surface area (Å²) in [6, 6.07) is 0. The van der Waals surface area contributed by atoms with Crippen molar-refractivity contribution < 1.29 is 177 Å². The number of hydrogen-bond acceptors (Lipinski definition) is 18. The summed E-state index contributed by atoms with van der Waals surface area (Å²) >= 11 is 0. The molecule has 1 heterocycles. The van der Waals surface area contributed by atoms with E-state index in [9.17, 15) is 54.3 Å². The molecule has 64 heavy (non-hydrogen) atoms. The number of aliphatic carboxylic acids is 3. The van der Waals surface area contributed by atoms with Gasteiger partial charge in [0.05, 0.1) is 54.7 Å². The molecule has 1 aliphatic rings. The molecular weight excluding hydrogens is 873 g/mol. The molecule has 0 amide bonds. The zero-order chi connectivity index (χ0) is 47.7. The molecular formula is C43H75Na3O18. The van der Waals surface area contributed by atoms with Gasteiger partial charge in [-0.25, -0.2) is 0 Å². The number of carboxylic acids is 3. The van der Waals surface area contributed by atoms with Crippen LogP contribution in [0.3, 0.4) is 0 Å². The molecule has 18 nitrogen and oxygen atoms in total. The number of carbonyl (C=O) groups excluding carboxylic acids is 6. The van der Waals surface area contributed by atoms with E-state index in [1.807, 2.05) is 13.8 Å². The number of cyclic esters (lactones) is 1. The van der Waals surface area contributed by atoms with Crippen molar-refractivity contribution in [3.63, 3.8) is 0 Å². The Morgan fingerprint density at radius 2 is 1.02 bits per heavy atom. The van der Waals surface area contributed by atoms with Gasteiger partial charge in [-0.05, 0) is 70.6 Å². The number of aliphatic hydroxyl groups excluding tert-OH is 5. The Hall–Kier alpha value is -0.420. The average Bonchev–Trinajstić information content (AvgIpc) is 3.62. The third-order valence-corrected chi connectivity index (χ3v) is 13.1. The van der Waals surface area contributed by atoms with Gasteiger partial charge in [0.15, 0.2) is 0 Å². The third kappa shape index (κ3) is 19.2. The van der Waals surface area contributed by atoms with E-state index >= 15 is 0 Å². The van der Waals surface area contributed by atoms with E-state index in [2.05, 4.69) is 0 Å². The van der Waals surface area contributed by atoms with Crippen LogP contribution < -0.4 is 104 Å². The summed E-state index contributed by atoms with van der Waals surface area (Å²) in [5, 5.41) is 79.7. The molecule has 0 spiro atoms. The monoisotopic (exact) mass is 948 g/mol. The van der Waals surface area contributed by atoms with Crippen LogP contribution in [0, 0.1) is 44.8 Å². The van der Waals surface area contributed by atoms with Gasteiger partial charge < -0.3 is 74.2 Å². The van der Waals surface area contributed by atoms with E-state index in [0.29, 0.717) is 38.7 Å². The predicted molar refractivity (Wildman–Crippen MR) is 214 cm³/mol. The van der Waals surface area contributed by atoms with Crippen LogP contribution in [0.15, 0.2) is 0 Å².